The molecule has 140 valence electrons. The highest BCUT2D eigenvalue weighted by Crippen LogP contribution is 2.37. The monoisotopic (exact) mass is 384 g/mol. The van der Waals surface area contributed by atoms with Crippen LogP contribution in [0.15, 0.2) is 48.7 Å². The summed E-state index contributed by atoms with van der Waals surface area (Å²) in [5.74, 6) is 0.900. The van der Waals surface area contributed by atoms with Crippen molar-refractivity contribution >= 4 is 34.1 Å². The Morgan fingerprint density at radius 2 is 2.00 bits per heavy atom. The van der Waals surface area contributed by atoms with Gasteiger partial charge in [0.25, 0.3) is 5.91 Å². The zero-order valence-corrected chi connectivity index (χ0v) is 16.2. The molecular formula is C21H21ClN2O3. The Bertz CT molecular complexity index is 968. The van der Waals surface area contributed by atoms with Crippen LogP contribution in [-0.4, -0.2) is 24.6 Å². The van der Waals surface area contributed by atoms with E-state index in [-0.39, 0.29) is 5.91 Å². The fourth-order valence-corrected chi connectivity index (χ4v) is 2.91. The number of halogens is 1. The van der Waals surface area contributed by atoms with Gasteiger partial charge in [-0.3, -0.25) is 9.78 Å². The number of fused-ring (bicyclic) bond motifs is 1. The molecular weight excluding hydrogens is 364 g/mol. The first-order chi connectivity index (χ1) is 13.0. The Kier molecular flexibility index (Phi) is 5.81. The number of para-hydroxylation sites is 1. The van der Waals surface area contributed by atoms with Crippen LogP contribution < -0.4 is 14.8 Å². The summed E-state index contributed by atoms with van der Waals surface area (Å²) in [5.41, 5.74) is 1.73. The minimum atomic E-state index is -0.302. The Morgan fingerprint density at radius 3 is 2.74 bits per heavy atom. The van der Waals surface area contributed by atoms with E-state index < -0.39 is 0 Å². The molecule has 0 unspecified atom stereocenters. The fourth-order valence-electron chi connectivity index (χ4n) is 2.64. The molecule has 1 amide bonds. The number of carbonyl (C=O) groups excluding carboxylic acids is 1. The van der Waals surface area contributed by atoms with Gasteiger partial charge in [-0.05, 0) is 30.2 Å². The summed E-state index contributed by atoms with van der Waals surface area (Å²) in [6, 6.07) is 12.6. The molecule has 0 aliphatic heterocycles. The van der Waals surface area contributed by atoms with Gasteiger partial charge in [0.2, 0.25) is 0 Å². The van der Waals surface area contributed by atoms with Crippen LogP contribution in [-0.2, 0) is 0 Å². The highest BCUT2D eigenvalue weighted by atomic mass is 35.5. The second-order valence-electron chi connectivity index (χ2n) is 6.53. The van der Waals surface area contributed by atoms with E-state index in [1.165, 1.54) is 7.11 Å². The van der Waals surface area contributed by atoms with E-state index in [4.69, 9.17) is 21.1 Å². The highest BCUT2D eigenvalue weighted by Gasteiger charge is 2.17. The maximum atomic E-state index is 12.8. The van der Waals surface area contributed by atoms with Crippen molar-refractivity contribution in [2.45, 2.75) is 13.8 Å². The number of hydrogen-bond donors (Lipinski definition) is 1. The van der Waals surface area contributed by atoms with Crippen LogP contribution in [0.25, 0.3) is 10.9 Å². The van der Waals surface area contributed by atoms with Crippen LogP contribution in [0, 0.1) is 5.92 Å². The zero-order valence-electron chi connectivity index (χ0n) is 15.5. The van der Waals surface area contributed by atoms with Gasteiger partial charge in [0.1, 0.15) is 0 Å². The van der Waals surface area contributed by atoms with Gasteiger partial charge >= 0.3 is 0 Å². The predicted molar refractivity (Wildman–Crippen MR) is 108 cm³/mol. The summed E-state index contributed by atoms with van der Waals surface area (Å²) in [6.45, 7) is 4.59. The summed E-state index contributed by atoms with van der Waals surface area (Å²) >= 11 is 6.34. The number of pyridine rings is 1. The standard InChI is InChI=1S/C21H21ClN2O3/c1-13(2)12-27-20-16(22)10-15(11-18(20)26-3)21(25)24-17-8-4-6-14-7-5-9-23-19(14)17/h4-11,13H,12H2,1-3H3,(H,24,25). The Balaban J connectivity index is 1.89. The first kappa shape index (κ1) is 19.0. The van der Waals surface area contributed by atoms with E-state index in [1.54, 1.807) is 18.3 Å². The van der Waals surface area contributed by atoms with Crippen LogP contribution in [0.5, 0.6) is 11.5 Å². The van der Waals surface area contributed by atoms with E-state index in [0.717, 1.165) is 10.9 Å². The largest absolute Gasteiger partial charge is 0.493 e. The van der Waals surface area contributed by atoms with Gasteiger partial charge in [-0.25, -0.2) is 0 Å². The lowest BCUT2D eigenvalue weighted by molar-refractivity contribution is 0.102. The molecule has 0 radical (unpaired) electrons. The lowest BCUT2D eigenvalue weighted by Gasteiger charge is -2.15. The predicted octanol–water partition coefficient (Wildman–Crippen LogP) is 5.18. The molecule has 2 aromatic carbocycles. The Hall–Kier alpha value is -2.79. The number of nitrogens with one attached hydrogen (secondary N) is 1. The molecule has 0 fully saturated rings. The average Bonchev–Trinajstić information content (AvgIpc) is 2.66. The Morgan fingerprint density at radius 1 is 1.22 bits per heavy atom. The van der Waals surface area contributed by atoms with Crippen molar-refractivity contribution < 1.29 is 14.3 Å². The van der Waals surface area contributed by atoms with Crippen LogP contribution in [0.1, 0.15) is 24.2 Å². The molecule has 0 atom stereocenters. The molecule has 0 bridgehead atoms. The molecule has 3 rings (SSSR count). The van der Waals surface area contributed by atoms with Gasteiger partial charge in [0, 0.05) is 17.1 Å². The first-order valence-corrected chi connectivity index (χ1v) is 9.03. The molecule has 3 aromatic rings. The maximum absolute atomic E-state index is 12.8. The van der Waals surface area contributed by atoms with Crippen molar-refractivity contribution in [3.05, 3.63) is 59.2 Å². The van der Waals surface area contributed by atoms with Crippen LogP contribution in [0.3, 0.4) is 0 Å². The third-order valence-corrected chi connectivity index (χ3v) is 4.21. The van der Waals surface area contributed by atoms with Crippen LogP contribution in [0.4, 0.5) is 5.69 Å². The third-order valence-electron chi connectivity index (χ3n) is 3.93. The molecule has 0 aliphatic carbocycles. The third kappa shape index (κ3) is 4.31. The number of aromatic nitrogens is 1. The number of anilines is 1. The van der Waals surface area contributed by atoms with E-state index in [1.807, 2.05) is 44.2 Å². The molecule has 27 heavy (non-hydrogen) atoms. The smallest absolute Gasteiger partial charge is 0.255 e. The van der Waals surface area contributed by atoms with Crippen LogP contribution >= 0.6 is 11.6 Å². The Labute approximate surface area is 163 Å². The number of benzene rings is 2. The molecule has 1 heterocycles. The van der Waals surface area contributed by atoms with E-state index in [2.05, 4.69) is 10.3 Å². The number of hydrogen-bond acceptors (Lipinski definition) is 4. The summed E-state index contributed by atoms with van der Waals surface area (Å²) in [4.78, 5) is 17.1. The minimum absolute atomic E-state index is 0.302. The minimum Gasteiger partial charge on any atom is -0.493 e. The van der Waals surface area contributed by atoms with Crippen molar-refractivity contribution in [3.63, 3.8) is 0 Å². The SMILES string of the molecule is COc1cc(C(=O)Nc2cccc3cccnc23)cc(Cl)c1OCC(C)C. The van der Waals surface area contributed by atoms with E-state index in [9.17, 15) is 4.79 Å². The van der Waals surface area contributed by atoms with Crippen molar-refractivity contribution in [3.8, 4) is 11.5 Å². The molecule has 6 heteroatoms. The molecule has 1 aromatic heterocycles. The number of ether oxygens (including phenoxy) is 2. The van der Waals surface area contributed by atoms with Crippen molar-refractivity contribution in [2.75, 3.05) is 19.0 Å². The average molecular weight is 385 g/mol. The number of amides is 1. The molecule has 0 saturated heterocycles. The molecule has 1 N–H and O–H groups in total. The molecule has 0 saturated carbocycles. The van der Waals surface area contributed by atoms with Gasteiger partial charge in [0.15, 0.2) is 11.5 Å². The summed E-state index contributed by atoms with van der Waals surface area (Å²) < 4.78 is 11.1. The maximum Gasteiger partial charge on any atom is 0.255 e. The van der Waals surface area contributed by atoms with Crippen molar-refractivity contribution in [1.29, 1.82) is 0 Å². The topological polar surface area (TPSA) is 60.5 Å². The molecule has 0 aliphatic rings. The number of nitrogens with zero attached hydrogens (tertiary/aromatic N) is 1. The van der Waals surface area contributed by atoms with Gasteiger partial charge < -0.3 is 14.8 Å². The van der Waals surface area contributed by atoms with Gasteiger partial charge in [-0.15, -0.1) is 0 Å². The van der Waals surface area contributed by atoms with Gasteiger partial charge in [-0.1, -0.05) is 43.6 Å². The van der Waals surface area contributed by atoms with Gasteiger partial charge in [0.05, 0.1) is 29.9 Å². The fraction of sp³-hybridized carbons (Fsp3) is 0.238. The highest BCUT2D eigenvalue weighted by molar-refractivity contribution is 6.32. The first-order valence-electron chi connectivity index (χ1n) is 8.65. The van der Waals surface area contributed by atoms with Crippen molar-refractivity contribution in [2.24, 2.45) is 5.92 Å². The molecule has 0 spiro atoms. The second-order valence-corrected chi connectivity index (χ2v) is 6.94. The lowest BCUT2D eigenvalue weighted by Crippen LogP contribution is -2.13. The summed E-state index contributed by atoms with van der Waals surface area (Å²) in [6.07, 6.45) is 1.69. The number of methoxy groups -OCH3 is 1. The van der Waals surface area contributed by atoms with Gasteiger partial charge in [-0.2, -0.15) is 0 Å². The molecule has 5 nitrogen and oxygen atoms in total. The quantitative estimate of drug-likeness (QED) is 0.635. The number of carbonyl (C=O) groups is 1. The number of rotatable bonds is 6. The van der Waals surface area contributed by atoms with Crippen LogP contribution in [0.2, 0.25) is 5.02 Å². The zero-order chi connectivity index (χ0) is 19.4. The normalized spacial score (nSPS) is 10.9. The lowest BCUT2D eigenvalue weighted by atomic mass is 10.1. The summed E-state index contributed by atoms with van der Waals surface area (Å²) in [5, 5.41) is 4.17. The van der Waals surface area contributed by atoms with E-state index in [0.29, 0.717) is 40.3 Å². The van der Waals surface area contributed by atoms with Crippen molar-refractivity contribution in [1.82, 2.24) is 4.98 Å². The summed E-state index contributed by atoms with van der Waals surface area (Å²) in [7, 11) is 1.52. The van der Waals surface area contributed by atoms with E-state index >= 15 is 0 Å². The second kappa shape index (κ2) is 8.27.